The number of carbonyl (C=O) groups is 1. The number of rotatable bonds is 8. The lowest BCUT2D eigenvalue weighted by Crippen LogP contribution is -2.47. The van der Waals surface area contributed by atoms with Crippen molar-refractivity contribution < 1.29 is 13.2 Å². The molecule has 1 aromatic heterocycles. The fraction of sp³-hybridized carbons (Fsp3) is 0.526. The molecule has 1 aromatic carbocycles. The van der Waals surface area contributed by atoms with E-state index in [1.54, 1.807) is 6.33 Å². The fourth-order valence-electron chi connectivity index (χ4n) is 3.27. The molecule has 10 heteroatoms. The van der Waals surface area contributed by atoms with Crippen LogP contribution in [0.15, 0.2) is 35.7 Å². The summed E-state index contributed by atoms with van der Waals surface area (Å²) in [5, 5.41) is 11.7. The van der Waals surface area contributed by atoms with Gasteiger partial charge in [0.15, 0.2) is 5.16 Å². The van der Waals surface area contributed by atoms with Crippen molar-refractivity contribution in [2.45, 2.75) is 44.3 Å². The zero-order valence-electron chi connectivity index (χ0n) is 16.7. The maximum absolute atomic E-state index is 12.4. The second-order valence-corrected chi connectivity index (χ2v) is 10.2. The van der Waals surface area contributed by atoms with Gasteiger partial charge < -0.3 is 5.32 Å². The molecule has 8 nitrogen and oxygen atoms in total. The first-order valence-corrected chi connectivity index (χ1v) is 12.4. The molecule has 1 aliphatic rings. The minimum Gasteiger partial charge on any atom is -0.353 e. The predicted octanol–water partition coefficient (Wildman–Crippen LogP) is 1.99. The Morgan fingerprint density at radius 2 is 1.93 bits per heavy atom. The summed E-state index contributed by atoms with van der Waals surface area (Å²) in [6.45, 7) is 4.81. The van der Waals surface area contributed by atoms with Gasteiger partial charge in [0.05, 0.1) is 11.5 Å². The molecule has 0 saturated carbocycles. The standard InChI is InChI=1S/C19H27N5O3S2/c1-3-12-29(26,27)23-10-8-16(9-11-23)21-18(25)13-28-19-22-20-14-24(19)17-6-4-15(2)5-7-17/h4-7,14,16H,3,8-13H2,1-2H3,(H,21,25). The maximum atomic E-state index is 12.4. The van der Waals surface area contributed by atoms with E-state index in [0.717, 1.165) is 5.69 Å². The van der Waals surface area contributed by atoms with Crippen LogP contribution in [-0.4, -0.2) is 64.0 Å². The molecule has 1 N–H and O–H groups in total. The van der Waals surface area contributed by atoms with E-state index in [9.17, 15) is 13.2 Å². The third-order valence-corrected chi connectivity index (χ3v) is 7.85. The van der Waals surface area contributed by atoms with E-state index in [-0.39, 0.29) is 23.5 Å². The molecule has 1 fully saturated rings. The number of carbonyl (C=O) groups excluding carboxylic acids is 1. The van der Waals surface area contributed by atoms with Crippen LogP contribution in [-0.2, 0) is 14.8 Å². The Bertz CT molecular complexity index is 920. The van der Waals surface area contributed by atoms with Gasteiger partial charge in [-0.3, -0.25) is 9.36 Å². The summed E-state index contributed by atoms with van der Waals surface area (Å²) in [5.74, 6) is 0.338. The van der Waals surface area contributed by atoms with Gasteiger partial charge in [-0.2, -0.15) is 0 Å². The Hall–Kier alpha value is -1.91. The van der Waals surface area contributed by atoms with Crippen LogP contribution < -0.4 is 5.32 Å². The van der Waals surface area contributed by atoms with Crippen LogP contribution in [0.1, 0.15) is 31.7 Å². The number of thioether (sulfide) groups is 1. The van der Waals surface area contributed by atoms with Crippen molar-refractivity contribution in [1.29, 1.82) is 0 Å². The highest BCUT2D eigenvalue weighted by molar-refractivity contribution is 7.99. The van der Waals surface area contributed by atoms with Gasteiger partial charge in [0.1, 0.15) is 6.33 Å². The molecule has 0 radical (unpaired) electrons. The molecule has 2 aromatic rings. The monoisotopic (exact) mass is 437 g/mol. The van der Waals surface area contributed by atoms with E-state index < -0.39 is 10.0 Å². The van der Waals surface area contributed by atoms with Crippen molar-refractivity contribution in [1.82, 2.24) is 24.4 Å². The van der Waals surface area contributed by atoms with Crippen LogP contribution in [0.4, 0.5) is 0 Å². The number of benzene rings is 1. The molecule has 0 unspecified atom stereocenters. The number of aryl methyl sites for hydroxylation is 1. The highest BCUT2D eigenvalue weighted by Crippen LogP contribution is 2.20. The van der Waals surface area contributed by atoms with Gasteiger partial charge >= 0.3 is 0 Å². The Kier molecular flexibility index (Phi) is 7.31. The largest absolute Gasteiger partial charge is 0.353 e. The molecule has 29 heavy (non-hydrogen) atoms. The highest BCUT2D eigenvalue weighted by atomic mass is 32.2. The summed E-state index contributed by atoms with van der Waals surface area (Å²) in [4.78, 5) is 12.4. The molecule has 0 spiro atoms. The molecule has 2 heterocycles. The van der Waals surface area contributed by atoms with Gasteiger partial charge in [-0.1, -0.05) is 36.4 Å². The average molecular weight is 438 g/mol. The van der Waals surface area contributed by atoms with Crippen molar-refractivity contribution in [2.24, 2.45) is 0 Å². The van der Waals surface area contributed by atoms with Crippen LogP contribution in [0.2, 0.25) is 0 Å². The Balaban J connectivity index is 1.48. The molecule has 3 rings (SSSR count). The van der Waals surface area contributed by atoms with Crippen LogP contribution in [0.5, 0.6) is 0 Å². The number of piperidine rings is 1. The van der Waals surface area contributed by atoms with E-state index >= 15 is 0 Å². The molecule has 0 bridgehead atoms. The molecule has 158 valence electrons. The SMILES string of the molecule is CCCS(=O)(=O)N1CCC(NC(=O)CSc2nncn2-c2ccc(C)cc2)CC1. The summed E-state index contributed by atoms with van der Waals surface area (Å²) in [5.41, 5.74) is 2.12. The van der Waals surface area contributed by atoms with E-state index in [4.69, 9.17) is 0 Å². The molecule has 1 aliphatic heterocycles. The van der Waals surface area contributed by atoms with E-state index in [1.807, 2.05) is 42.7 Å². The normalized spacial score (nSPS) is 16.1. The topological polar surface area (TPSA) is 97.2 Å². The second kappa shape index (κ2) is 9.73. The number of hydrogen-bond acceptors (Lipinski definition) is 6. The number of sulfonamides is 1. The maximum Gasteiger partial charge on any atom is 0.230 e. The van der Waals surface area contributed by atoms with Gasteiger partial charge in [0, 0.05) is 24.8 Å². The lowest BCUT2D eigenvalue weighted by Gasteiger charge is -2.31. The number of nitrogens with zero attached hydrogens (tertiary/aromatic N) is 4. The van der Waals surface area contributed by atoms with Crippen LogP contribution in [0.3, 0.4) is 0 Å². The zero-order chi connectivity index (χ0) is 20.9. The molecule has 1 saturated heterocycles. The van der Waals surface area contributed by atoms with Crippen molar-refractivity contribution in [3.8, 4) is 5.69 Å². The minimum absolute atomic E-state index is 0.00569. The summed E-state index contributed by atoms with van der Waals surface area (Å²) in [7, 11) is -3.16. The van der Waals surface area contributed by atoms with Crippen molar-refractivity contribution in [3.05, 3.63) is 36.2 Å². The van der Waals surface area contributed by atoms with Crippen LogP contribution in [0, 0.1) is 6.92 Å². The summed E-state index contributed by atoms with van der Waals surface area (Å²) in [6, 6.07) is 8.02. The summed E-state index contributed by atoms with van der Waals surface area (Å²) in [6.07, 6.45) is 3.53. The van der Waals surface area contributed by atoms with Gasteiger partial charge in [-0.05, 0) is 38.3 Å². The van der Waals surface area contributed by atoms with Crippen LogP contribution in [0.25, 0.3) is 5.69 Å². The van der Waals surface area contributed by atoms with Gasteiger partial charge in [-0.25, -0.2) is 12.7 Å². The summed E-state index contributed by atoms with van der Waals surface area (Å²) < 4.78 is 27.7. The first-order chi connectivity index (χ1) is 13.9. The van der Waals surface area contributed by atoms with Gasteiger partial charge in [0.25, 0.3) is 0 Å². The predicted molar refractivity (Wildman–Crippen MR) is 114 cm³/mol. The number of aromatic nitrogens is 3. The smallest absolute Gasteiger partial charge is 0.230 e. The summed E-state index contributed by atoms with van der Waals surface area (Å²) >= 11 is 1.33. The van der Waals surface area contributed by atoms with Gasteiger partial charge in [0.2, 0.25) is 15.9 Å². The zero-order valence-corrected chi connectivity index (χ0v) is 18.4. The van der Waals surface area contributed by atoms with Crippen molar-refractivity contribution >= 4 is 27.7 Å². The third kappa shape index (κ3) is 5.80. The van der Waals surface area contributed by atoms with Gasteiger partial charge in [-0.15, -0.1) is 10.2 Å². The van der Waals surface area contributed by atoms with Crippen LogP contribution >= 0.6 is 11.8 Å². The molecule has 0 aliphatic carbocycles. The highest BCUT2D eigenvalue weighted by Gasteiger charge is 2.28. The van der Waals surface area contributed by atoms with Crippen molar-refractivity contribution in [2.75, 3.05) is 24.6 Å². The number of nitrogens with one attached hydrogen (secondary N) is 1. The quantitative estimate of drug-likeness (QED) is 0.635. The molecular weight excluding hydrogens is 410 g/mol. The Morgan fingerprint density at radius 1 is 1.24 bits per heavy atom. The molecule has 1 amide bonds. The lowest BCUT2D eigenvalue weighted by atomic mass is 10.1. The Labute approximate surface area is 176 Å². The number of amides is 1. The fourth-order valence-corrected chi connectivity index (χ4v) is 5.55. The van der Waals surface area contributed by atoms with E-state index in [1.165, 1.54) is 21.6 Å². The molecular formula is C19H27N5O3S2. The number of hydrogen-bond donors (Lipinski definition) is 1. The Morgan fingerprint density at radius 3 is 2.59 bits per heavy atom. The minimum atomic E-state index is -3.16. The third-order valence-electron chi connectivity index (χ3n) is 4.84. The van der Waals surface area contributed by atoms with Crippen molar-refractivity contribution in [3.63, 3.8) is 0 Å². The lowest BCUT2D eigenvalue weighted by molar-refractivity contribution is -0.119. The molecule has 0 atom stereocenters. The first kappa shape index (κ1) is 21.8. The van der Waals surface area contributed by atoms with E-state index in [2.05, 4.69) is 15.5 Å². The average Bonchev–Trinajstić information content (AvgIpc) is 3.16. The first-order valence-electron chi connectivity index (χ1n) is 9.76. The second-order valence-electron chi connectivity index (χ2n) is 7.16. The van der Waals surface area contributed by atoms with E-state index in [0.29, 0.717) is 37.5 Å².